The number of rotatable bonds is 5. The highest BCUT2D eigenvalue weighted by Gasteiger charge is 2.08. The van der Waals surface area contributed by atoms with Crippen molar-refractivity contribution in [1.29, 1.82) is 0 Å². The monoisotopic (exact) mass is 221 g/mol. The molecule has 0 spiro atoms. The molecule has 0 heterocycles. The quantitative estimate of drug-likeness (QED) is 0.612. The van der Waals surface area contributed by atoms with E-state index in [0.29, 0.717) is 6.54 Å². The topological polar surface area (TPSA) is 29.1 Å². The Morgan fingerprint density at radius 3 is 2.93 bits per heavy atom. The van der Waals surface area contributed by atoms with Crippen LogP contribution in [0.5, 0.6) is 0 Å². The van der Waals surface area contributed by atoms with Crippen LogP contribution in [-0.2, 0) is 0 Å². The molecule has 0 aliphatic rings. The standard InChI is InChI=1S/C12H15NOS/c1-3-9-15-11-8-6-5-7-10(11)12(14)13-4-2/h3,5-8H,1,4,9H2,2H3,(H,13,14). The Morgan fingerprint density at radius 1 is 1.53 bits per heavy atom. The van der Waals surface area contributed by atoms with Gasteiger partial charge in [0.15, 0.2) is 0 Å². The maximum Gasteiger partial charge on any atom is 0.252 e. The molecular formula is C12H15NOS. The molecule has 15 heavy (non-hydrogen) atoms. The summed E-state index contributed by atoms with van der Waals surface area (Å²) in [6.07, 6.45) is 1.83. The van der Waals surface area contributed by atoms with Gasteiger partial charge >= 0.3 is 0 Å². The molecule has 0 aromatic heterocycles. The largest absolute Gasteiger partial charge is 0.352 e. The predicted octanol–water partition coefficient (Wildman–Crippen LogP) is 2.71. The first-order valence-corrected chi connectivity index (χ1v) is 5.89. The number of carbonyl (C=O) groups excluding carboxylic acids is 1. The molecule has 1 rings (SSSR count). The van der Waals surface area contributed by atoms with Crippen LogP contribution in [-0.4, -0.2) is 18.2 Å². The van der Waals surface area contributed by atoms with Crippen molar-refractivity contribution >= 4 is 17.7 Å². The number of amides is 1. The highest BCUT2D eigenvalue weighted by Crippen LogP contribution is 2.22. The molecule has 2 nitrogen and oxygen atoms in total. The second-order valence-corrected chi connectivity index (χ2v) is 4.02. The molecule has 0 aliphatic heterocycles. The van der Waals surface area contributed by atoms with Gasteiger partial charge in [-0.05, 0) is 19.1 Å². The molecule has 80 valence electrons. The van der Waals surface area contributed by atoms with Gasteiger partial charge in [-0.25, -0.2) is 0 Å². The zero-order chi connectivity index (χ0) is 11.1. The van der Waals surface area contributed by atoms with E-state index in [1.54, 1.807) is 11.8 Å². The normalized spacial score (nSPS) is 9.67. The van der Waals surface area contributed by atoms with Crippen molar-refractivity contribution in [3.05, 3.63) is 42.5 Å². The third-order valence-electron chi connectivity index (χ3n) is 1.83. The molecule has 0 atom stereocenters. The molecule has 0 unspecified atom stereocenters. The molecule has 0 saturated heterocycles. The number of hydrogen-bond donors (Lipinski definition) is 1. The summed E-state index contributed by atoms with van der Waals surface area (Å²) in [6, 6.07) is 7.62. The van der Waals surface area contributed by atoms with Crippen molar-refractivity contribution in [2.45, 2.75) is 11.8 Å². The molecule has 1 N–H and O–H groups in total. The zero-order valence-electron chi connectivity index (χ0n) is 8.82. The fourth-order valence-corrected chi connectivity index (χ4v) is 1.97. The second kappa shape index (κ2) is 6.30. The van der Waals surface area contributed by atoms with E-state index in [1.807, 2.05) is 37.3 Å². The highest BCUT2D eigenvalue weighted by atomic mass is 32.2. The number of benzene rings is 1. The molecule has 1 aromatic carbocycles. The van der Waals surface area contributed by atoms with Crippen LogP contribution < -0.4 is 5.32 Å². The summed E-state index contributed by atoms with van der Waals surface area (Å²) < 4.78 is 0. The molecule has 0 saturated carbocycles. The van der Waals surface area contributed by atoms with Gasteiger partial charge in [-0.15, -0.1) is 18.3 Å². The number of thioether (sulfide) groups is 1. The van der Waals surface area contributed by atoms with Crippen molar-refractivity contribution in [3.63, 3.8) is 0 Å². The molecular weight excluding hydrogens is 206 g/mol. The number of carbonyl (C=O) groups is 1. The first-order valence-electron chi connectivity index (χ1n) is 4.90. The lowest BCUT2D eigenvalue weighted by Crippen LogP contribution is -2.23. The van der Waals surface area contributed by atoms with E-state index >= 15 is 0 Å². The molecule has 1 amide bonds. The van der Waals surface area contributed by atoms with Crippen molar-refractivity contribution in [1.82, 2.24) is 5.32 Å². The fraction of sp³-hybridized carbons (Fsp3) is 0.250. The van der Waals surface area contributed by atoms with E-state index in [1.165, 1.54) is 0 Å². The third kappa shape index (κ3) is 3.44. The highest BCUT2D eigenvalue weighted by molar-refractivity contribution is 7.99. The van der Waals surface area contributed by atoms with Crippen LogP contribution in [0.3, 0.4) is 0 Å². The summed E-state index contributed by atoms with van der Waals surface area (Å²) in [6.45, 7) is 6.23. The van der Waals surface area contributed by atoms with E-state index in [9.17, 15) is 4.79 Å². The molecule has 1 aromatic rings. The summed E-state index contributed by atoms with van der Waals surface area (Å²) in [7, 11) is 0. The van der Waals surface area contributed by atoms with Crippen LogP contribution in [0.4, 0.5) is 0 Å². The van der Waals surface area contributed by atoms with Gasteiger partial charge in [-0.2, -0.15) is 0 Å². The van der Waals surface area contributed by atoms with Crippen LogP contribution in [0.2, 0.25) is 0 Å². The van der Waals surface area contributed by atoms with E-state index in [4.69, 9.17) is 0 Å². The van der Waals surface area contributed by atoms with Crippen molar-refractivity contribution in [3.8, 4) is 0 Å². The van der Waals surface area contributed by atoms with Gasteiger partial charge < -0.3 is 5.32 Å². The van der Waals surface area contributed by atoms with E-state index in [2.05, 4.69) is 11.9 Å². The Labute approximate surface area is 94.8 Å². The first kappa shape index (κ1) is 11.9. The van der Waals surface area contributed by atoms with Crippen molar-refractivity contribution in [2.24, 2.45) is 0 Å². The van der Waals surface area contributed by atoms with Gasteiger partial charge in [-0.3, -0.25) is 4.79 Å². The summed E-state index contributed by atoms with van der Waals surface area (Å²) >= 11 is 1.62. The van der Waals surface area contributed by atoms with E-state index in [-0.39, 0.29) is 5.91 Å². The maximum atomic E-state index is 11.7. The lowest BCUT2D eigenvalue weighted by Gasteiger charge is -2.07. The Bertz CT molecular complexity index is 349. The van der Waals surface area contributed by atoms with Crippen LogP contribution in [0, 0.1) is 0 Å². The van der Waals surface area contributed by atoms with Gasteiger partial charge in [-0.1, -0.05) is 18.2 Å². The number of hydrogen-bond acceptors (Lipinski definition) is 2. The van der Waals surface area contributed by atoms with E-state index < -0.39 is 0 Å². The zero-order valence-corrected chi connectivity index (χ0v) is 9.64. The maximum absolute atomic E-state index is 11.7. The minimum Gasteiger partial charge on any atom is -0.352 e. The Balaban J connectivity index is 2.85. The molecule has 3 heteroatoms. The minimum absolute atomic E-state index is 0.00957. The van der Waals surface area contributed by atoms with Crippen molar-refractivity contribution in [2.75, 3.05) is 12.3 Å². The van der Waals surface area contributed by atoms with Gasteiger partial charge in [0.2, 0.25) is 0 Å². The molecule has 0 radical (unpaired) electrons. The predicted molar refractivity (Wildman–Crippen MR) is 65.4 cm³/mol. The summed E-state index contributed by atoms with van der Waals surface area (Å²) in [5, 5.41) is 2.80. The van der Waals surface area contributed by atoms with Gasteiger partial charge in [0.25, 0.3) is 5.91 Å². The Hall–Kier alpha value is -1.22. The smallest absolute Gasteiger partial charge is 0.252 e. The van der Waals surface area contributed by atoms with Gasteiger partial charge in [0.05, 0.1) is 5.56 Å². The second-order valence-electron chi connectivity index (χ2n) is 2.96. The van der Waals surface area contributed by atoms with Crippen LogP contribution in [0.1, 0.15) is 17.3 Å². The molecule has 0 fully saturated rings. The average molecular weight is 221 g/mol. The van der Waals surface area contributed by atoms with Crippen LogP contribution >= 0.6 is 11.8 Å². The first-order chi connectivity index (χ1) is 7.29. The third-order valence-corrected chi connectivity index (χ3v) is 2.90. The van der Waals surface area contributed by atoms with Gasteiger partial charge in [0.1, 0.15) is 0 Å². The average Bonchev–Trinajstić information content (AvgIpc) is 2.27. The minimum atomic E-state index is -0.00957. The Kier molecular flexibility index (Phi) is 4.98. The van der Waals surface area contributed by atoms with Crippen molar-refractivity contribution < 1.29 is 4.79 Å². The van der Waals surface area contributed by atoms with Crippen LogP contribution in [0.15, 0.2) is 41.8 Å². The van der Waals surface area contributed by atoms with Crippen LogP contribution in [0.25, 0.3) is 0 Å². The van der Waals surface area contributed by atoms with Gasteiger partial charge in [0, 0.05) is 17.2 Å². The van der Waals surface area contributed by atoms with E-state index in [0.717, 1.165) is 16.2 Å². The summed E-state index contributed by atoms with van der Waals surface area (Å²) in [5.41, 5.74) is 0.742. The molecule has 0 bridgehead atoms. The summed E-state index contributed by atoms with van der Waals surface area (Å²) in [4.78, 5) is 12.7. The molecule has 0 aliphatic carbocycles. The summed E-state index contributed by atoms with van der Waals surface area (Å²) in [5.74, 6) is 0.806. The SMILES string of the molecule is C=CCSc1ccccc1C(=O)NCC. The fourth-order valence-electron chi connectivity index (χ4n) is 1.18. The lowest BCUT2D eigenvalue weighted by atomic mass is 10.2. The lowest BCUT2D eigenvalue weighted by molar-refractivity contribution is 0.0953. The number of nitrogens with one attached hydrogen (secondary N) is 1. The Morgan fingerprint density at radius 2 is 2.27 bits per heavy atom.